The average Bonchev–Trinajstić information content (AvgIpc) is 2.18. The molecular weight excluding hydrogens is 194 g/mol. The van der Waals surface area contributed by atoms with Crippen LogP contribution in [0.15, 0.2) is 30.3 Å². The summed E-state index contributed by atoms with van der Waals surface area (Å²) >= 11 is 0. The van der Waals surface area contributed by atoms with Gasteiger partial charge in [0.2, 0.25) is 0 Å². The van der Waals surface area contributed by atoms with Crippen LogP contribution in [0.2, 0.25) is 0 Å². The van der Waals surface area contributed by atoms with Gasteiger partial charge in [0.05, 0.1) is 0 Å². The van der Waals surface area contributed by atoms with Gasteiger partial charge in [-0.05, 0) is 19.1 Å². The lowest BCUT2D eigenvalue weighted by molar-refractivity contribution is -0.150. The SMILES string of the molecule is CC(=O)O[C@@H](C)C(=O)Nc1ccccc1. The monoisotopic (exact) mass is 207 g/mol. The molecule has 0 spiro atoms. The summed E-state index contributed by atoms with van der Waals surface area (Å²) in [5.41, 5.74) is 0.682. The molecule has 4 nitrogen and oxygen atoms in total. The van der Waals surface area contributed by atoms with E-state index in [9.17, 15) is 9.59 Å². The van der Waals surface area contributed by atoms with Crippen LogP contribution in [0.5, 0.6) is 0 Å². The topological polar surface area (TPSA) is 55.4 Å². The van der Waals surface area contributed by atoms with Crippen molar-refractivity contribution < 1.29 is 14.3 Å². The lowest BCUT2D eigenvalue weighted by Crippen LogP contribution is -2.29. The molecule has 0 aliphatic rings. The summed E-state index contributed by atoms with van der Waals surface area (Å²) < 4.78 is 4.73. The summed E-state index contributed by atoms with van der Waals surface area (Å²) in [6.07, 6.45) is -0.775. The van der Waals surface area contributed by atoms with Gasteiger partial charge in [-0.1, -0.05) is 18.2 Å². The zero-order valence-corrected chi connectivity index (χ0v) is 8.69. The van der Waals surface area contributed by atoms with Gasteiger partial charge >= 0.3 is 5.97 Å². The third-order valence-corrected chi connectivity index (χ3v) is 1.75. The second kappa shape index (κ2) is 5.14. The van der Waals surface area contributed by atoms with Crippen molar-refractivity contribution in [3.8, 4) is 0 Å². The molecule has 1 N–H and O–H groups in total. The highest BCUT2D eigenvalue weighted by Gasteiger charge is 2.15. The number of para-hydroxylation sites is 1. The van der Waals surface area contributed by atoms with E-state index in [2.05, 4.69) is 5.32 Å². The van der Waals surface area contributed by atoms with Crippen molar-refractivity contribution in [1.82, 2.24) is 0 Å². The smallest absolute Gasteiger partial charge is 0.303 e. The summed E-state index contributed by atoms with van der Waals surface area (Å²) in [5, 5.41) is 2.63. The Morgan fingerprint density at radius 2 is 1.87 bits per heavy atom. The first-order chi connectivity index (χ1) is 7.09. The van der Waals surface area contributed by atoms with Crippen LogP contribution in [-0.4, -0.2) is 18.0 Å². The van der Waals surface area contributed by atoms with Gasteiger partial charge in [0, 0.05) is 12.6 Å². The van der Waals surface area contributed by atoms with Gasteiger partial charge in [-0.25, -0.2) is 0 Å². The van der Waals surface area contributed by atoms with Crippen molar-refractivity contribution in [2.75, 3.05) is 5.32 Å². The molecule has 1 aromatic rings. The van der Waals surface area contributed by atoms with E-state index in [-0.39, 0.29) is 5.91 Å². The van der Waals surface area contributed by atoms with Crippen molar-refractivity contribution in [2.24, 2.45) is 0 Å². The van der Waals surface area contributed by atoms with E-state index in [4.69, 9.17) is 4.74 Å². The summed E-state index contributed by atoms with van der Waals surface area (Å²) in [6.45, 7) is 2.80. The summed E-state index contributed by atoms with van der Waals surface area (Å²) in [6, 6.07) is 9.00. The maximum atomic E-state index is 11.5. The molecule has 1 aromatic carbocycles. The molecule has 0 saturated carbocycles. The van der Waals surface area contributed by atoms with E-state index in [1.807, 2.05) is 18.2 Å². The van der Waals surface area contributed by atoms with Crippen LogP contribution in [-0.2, 0) is 14.3 Å². The van der Waals surface area contributed by atoms with E-state index >= 15 is 0 Å². The highest BCUT2D eigenvalue weighted by atomic mass is 16.5. The summed E-state index contributed by atoms with van der Waals surface area (Å²) in [5.74, 6) is -0.804. The molecule has 1 atom stereocenters. The van der Waals surface area contributed by atoms with Gasteiger partial charge in [-0.3, -0.25) is 9.59 Å². The highest BCUT2D eigenvalue weighted by molar-refractivity contribution is 5.94. The number of hydrogen-bond acceptors (Lipinski definition) is 3. The number of nitrogens with one attached hydrogen (secondary N) is 1. The van der Waals surface area contributed by atoms with Gasteiger partial charge in [0.15, 0.2) is 6.10 Å². The summed E-state index contributed by atoms with van der Waals surface area (Å²) in [4.78, 5) is 22.1. The molecule has 80 valence electrons. The third kappa shape index (κ3) is 3.81. The van der Waals surface area contributed by atoms with E-state index in [1.165, 1.54) is 13.8 Å². The second-order valence-electron chi connectivity index (χ2n) is 3.11. The van der Waals surface area contributed by atoms with Crippen LogP contribution in [0.25, 0.3) is 0 Å². The van der Waals surface area contributed by atoms with Crippen molar-refractivity contribution in [3.05, 3.63) is 30.3 Å². The minimum absolute atomic E-state index is 0.337. The van der Waals surface area contributed by atoms with Gasteiger partial charge in [-0.2, -0.15) is 0 Å². The minimum Gasteiger partial charge on any atom is -0.453 e. The van der Waals surface area contributed by atoms with Crippen LogP contribution >= 0.6 is 0 Å². The van der Waals surface area contributed by atoms with Crippen molar-refractivity contribution in [3.63, 3.8) is 0 Å². The first-order valence-corrected chi connectivity index (χ1v) is 4.62. The molecular formula is C11H13NO3. The van der Waals surface area contributed by atoms with Crippen molar-refractivity contribution >= 4 is 17.6 Å². The lowest BCUT2D eigenvalue weighted by atomic mass is 10.3. The molecule has 15 heavy (non-hydrogen) atoms. The number of ether oxygens (including phenoxy) is 1. The largest absolute Gasteiger partial charge is 0.453 e. The van der Waals surface area contributed by atoms with Crippen LogP contribution in [0.1, 0.15) is 13.8 Å². The number of carbonyl (C=O) groups is 2. The number of amides is 1. The number of carbonyl (C=O) groups excluding carboxylic acids is 2. The Labute approximate surface area is 88.2 Å². The van der Waals surface area contributed by atoms with Crippen molar-refractivity contribution in [1.29, 1.82) is 0 Å². The number of benzene rings is 1. The van der Waals surface area contributed by atoms with Crippen LogP contribution in [0.4, 0.5) is 5.69 Å². The van der Waals surface area contributed by atoms with E-state index in [0.717, 1.165) is 0 Å². The fourth-order valence-corrected chi connectivity index (χ4v) is 1.07. The second-order valence-corrected chi connectivity index (χ2v) is 3.11. The molecule has 0 fully saturated rings. The predicted molar refractivity (Wildman–Crippen MR) is 56.3 cm³/mol. The zero-order valence-electron chi connectivity index (χ0n) is 8.69. The van der Waals surface area contributed by atoms with E-state index in [1.54, 1.807) is 12.1 Å². The maximum absolute atomic E-state index is 11.5. The van der Waals surface area contributed by atoms with Crippen LogP contribution in [0, 0.1) is 0 Å². The molecule has 1 amide bonds. The summed E-state index contributed by atoms with van der Waals surface area (Å²) in [7, 11) is 0. The Kier molecular flexibility index (Phi) is 3.85. The minimum atomic E-state index is -0.775. The number of rotatable bonds is 3. The van der Waals surface area contributed by atoms with Gasteiger partial charge in [0.1, 0.15) is 0 Å². The number of esters is 1. The first kappa shape index (κ1) is 11.2. The molecule has 0 aliphatic carbocycles. The Bertz CT molecular complexity index is 348. The number of hydrogen-bond donors (Lipinski definition) is 1. The average molecular weight is 207 g/mol. The zero-order chi connectivity index (χ0) is 11.3. The fraction of sp³-hybridized carbons (Fsp3) is 0.273. The normalized spacial score (nSPS) is 11.6. The fourth-order valence-electron chi connectivity index (χ4n) is 1.07. The molecule has 0 aromatic heterocycles. The first-order valence-electron chi connectivity index (χ1n) is 4.62. The van der Waals surface area contributed by atoms with Crippen molar-refractivity contribution in [2.45, 2.75) is 20.0 Å². The molecule has 0 bridgehead atoms. The van der Waals surface area contributed by atoms with Crippen LogP contribution in [0.3, 0.4) is 0 Å². The van der Waals surface area contributed by atoms with Crippen LogP contribution < -0.4 is 5.32 Å². The maximum Gasteiger partial charge on any atom is 0.303 e. The molecule has 0 saturated heterocycles. The highest BCUT2D eigenvalue weighted by Crippen LogP contribution is 2.06. The molecule has 0 unspecified atom stereocenters. The predicted octanol–water partition coefficient (Wildman–Crippen LogP) is 1.58. The van der Waals surface area contributed by atoms with E-state index in [0.29, 0.717) is 5.69 Å². The Morgan fingerprint density at radius 3 is 2.40 bits per heavy atom. The van der Waals surface area contributed by atoms with Gasteiger partial charge in [0.25, 0.3) is 5.91 Å². The number of anilines is 1. The molecule has 0 aliphatic heterocycles. The quantitative estimate of drug-likeness (QED) is 0.765. The Hall–Kier alpha value is -1.84. The molecule has 0 heterocycles. The standard InChI is InChI=1S/C11H13NO3/c1-8(15-9(2)13)11(14)12-10-6-4-3-5-7-10/h3-8H,1-2H3,(H,12,14)/t8-/m0/s1. The third-order valence-electron chi connectivity index (χ3n) is 1.75. The molecule has 1 rings (SSSR count). The van der Waals surface area contributed by atoms with E-state index < -0.39 is 12.1 Å². The Balaban J connectivity index is 2.52. The van der Waals surface area contributed by atoms with Gasteiger partial charge < -0.3 is 10.1 Å². The Morgan fingerprint density at radius 1 is 1.27 bits per heavy atom. The van der Waals surface area contributed by atoms with Gasteiger partial charge in [-0.15, -0.1) is 0 Å². The molecule has 0 radical (unpaired) electrons. The lowest BCUT2D eigenvalue weighted by Gasteiger charge is -2.11. The molecule has 4 heteroatoms.